The molecule has 0 aliphatic heterocycles. The molecule has 0 radical (unpaired) electrons. The van der Waals surface area contributed by atoms with Crippen LogP contribution in [0.25, 0.3) is 10.6 Å². The highest BCUT2D eigenvalue weighted by Gasteiger charge is 2.19. The van der Waals surface area contributed by atoms with E-state index in [-0.39, 0.29) is 11.2 Å². The van der Waals surface area contributed by atoms with Gasteiger partial charge in [0.2, 0.25) is 11.0 Å². The molecule has 3 aromatic rings. The molecule has 1 amide bonds. The summed E-state index contributed by atoms with van der Waals surface area (Å²) in [6.45, 7) is 4.05. The molecule has 0 saturated carbocycles. The number of aromatic nitrogens is 2. The van der Waals surface area contributed by atoms with Crippen molar-refractivity contribution in [1.29, 1.82) is 0 Å². The highest BCUT2D eigenvalue weighted by molar-refractivity contribution is 8.00. The number of nitrogens with zero attached hydrogens (tertiary/aromatic N) is 2. The Labute approximate surface area is 166 Å². The highest BCUT2D eigenvalue weighted by Crippen LogP contribution is 2.30. The van der Waals surface area contributed by atoms with Gasteiger partial charge in [0.25, 0.3) is 0 Å². The van der Waals surface area contributed by atoms with E-state index in [4.69, 9.17) is 11.6 Å². The van der Waals surface area contributed by atoms with Crippen molar-refractivity contribution >= 4 is 45.7 Å². The minimum absolute atomic E-state index is 0.0584. The maximum absolute atomic E-state index is 12.6. The van der Waals surface area contributed by atoms with Crippen LogP contribution in [0.1, 0.15) is 18.9 Å². The van der Waals surface area contributed by atoms with Crippen LogP contribution in [0.4, 0.5) is 5.13 Å². The molecule has 0 saturated heterocycles. The molecular formula is C19H18ClN3OS2. The summed E-state index contributed by atoms with van der Waals surface area (Å²) < 4.78 is 0. The quantitative estimate of drug-likeness (QED) is 0.538. The molecule has 2 aromatic carbocycles. The summed E-state index contributed by atoms with van der Waals surface area (Å²) in [6.07, 6.45) is 0.729. The maximum Gasteiger partial charge on any atom is 0.239 e. The lowest BCUT2D eigenvalue weighted by atomic mass is 10.2. The third-order valence-electron chi connectivity index (χ3n) is 3.71. The van der Waals surface area contributed by atoms with Crippen LogP contribution >= 0.6 is 34.7 Å². The van der Waals surface area contributed by atoms with Crippen LogP contribution in [0.15, 0.2) is 53.4 Å². The molecule has 1 heterocycles. The summed E-state index contributed by atoms with van der Waals surface area (Å²) in [5.41, 5.74) is 2.13. The molecule has 0 bridgehead atoms. The molecule has 3 rings (SSSR count). The molecule has 0 fully saturated rings. The fourth-order valence-electron chi connectivity index (χ4n) is 2.27. The van der Waals surface area contributed by atoms with E-state index in [2.05, 4.69) is 27.6 Å². The lowest BCUT2D eigenvalue weighted by molar-refractivity contribution is -0.115. The van der Waals surface area contributed by atoms with Gasteiger partial charge in [-0.1, -0.05) is 59.7 Å². The number of hydrogen-bond donors (Lipinski definition) is 1. The van der Waals surface area contributed by atoms with Crippen LogP contribution in [0.5, 0.6) is 0 Å². The summed E-state index contributed by atoms with van der Waals surface area (Å²) in [7, 11) is 0. The minimum atomic E-state index is -0.180. The summed E-state index contributed by atoms with van der Waals surface area (Å²) in [5.74, 6) is -0.0584. The largest absolute Gasteiger partial charge is 0.300 e. The number of halogens is 1. The average Bonchev–Trinajstić information content (AvgIpc) is 3.10. The first-order valence-corrected chi connectivity index (χ1v) is 10.3. The van der Waals surface area contributed by atoms with Crippen LogP contribution in [0, 0.1) is 6.92 Å². The number of hydrogen-bond acceptors (Lipinski definition) is 5. The fraction of sp³-hybridized carbons (Fsp3) is 0.211. The molecular weight excluding hydrogens is 386 g/mol. The average molecular weight is 404 g/mol. The van der Waals surface area contributed by atoms with E-state index < -0.39 is 0 Å². The Balaban J connectivity index is 1.66. The Morgan fingerprint density at radius 3 is 2.50 bits per heavy atom. The second-order valence-electron chi connectivity index (χ2n) is 5.74. The van der Waals surface area contributed by atoms with Gasteiger partial charge >= 0.3 is 0 Å². The molecule has 0 spiro atoms. The zero-order valence-electron chi connectivity index (χ0n) is 14.4. The van der Waals surface area contributed by atoms with Gasteiger partial charge in [0.05, 0.1) is 5.25 Å². The minimum Gasteiger partial charge on any atom is -0.300 e. The van der Waals surface area contributed by atoms with Crippen LogP contribution in [0.2, 0.25) is 5.02 Å². The number of nitrogens with one attached hydrogen (secondary N) is 1. The van der Waals surface area contributed by atoms with Crippen LogP contribution in [-0.2, 0) is 4.79 Å². The lowest BCUT2D eigenvalue weighted by Gasteiger charge is -2.13. The standard InChI is InChI=1S/C19H18ClN3OS2/c1-3-16(25-15-10-4-12(2)5-11-15)17(24)21-19-23-22-18(26-19)13-6-8-14(20)9-7-13/h4-11,16H,3H2,1-2H3,(H,21,23,24). The first-order chi connectivity index (χ1) is 12.5. The molecule has 1 aromatic heterocycles. The molecule has 134 valence electrons. The number of carbonyl (C=O) groups is 1. The summed E-state index contributed by atoms with van der Waals surface area (Å²) >= 11 is 8.82. The van der Waals surface area contributed by atoms with Gasteiger partial charge in [0.15, 0.2) is 0 Å². The van der Waals surface area contributed by atoms with E-state index in [1.807, 2.05) is 50.2 Å². The van der Waals surface area contributed by atoms with Gasteiger partial charge in [-0.15, -0.1) is 22.0 Å². The number of anilines is 1. The fourth-order valence-corrected chi connectivity index (χ4v) is 4.10. The molecule has 0 aliphatic rings. The van der Waals surface area contributed by atoms with E-state index >= 15 is 0 Å². The van der Waals surface area contributed by atoms with Crippen molar-refractivity contribution in [1.82, 2.24) is 10.2 Å². The Morgan fingerprint density at radius 1 is 1.15 bits per heavy atom. The number of rotatable bonds is 6. The second-order valence-corrected chi connectivity index (χ2v) is 8.43. The van der Waals surface area contributed by atoms with Crippen LogP contribution < -0.4 is 5.32 Å². The predicted octanol–water partition coefficient (Wildman–Crippen LogP) is 5.68. The van der Waals surface area contributed by atoms with Gasteiger partial charge in [-0.3, -0.25) is 10.1 Å². The Hall–Kier alpha value is -1.89. The highest BCUT2D eigenvalue weighted by atomic mass is 35.5. The zero-order chi connectivity index (χ0) is 18.5. The van der Waals surface area contributed by atoms with Crippen molar-refractivity contribution < 1.29 is 4.79 Å². The number of carbonyl (C=O) groups excluding carboxylic acids is 1. The Bertz CT molecular complexity index is 879. The van der Waals surface area contributed by atoms with Gasteiger partial charge in [0, 0.05) is 15.5 Å². The smallest absolute Gasteiger partial charge is 0.239 e. The second kappa shape index (κ2) is 8.66. The van der Waals surface area contributed by atoms with Crippen molar-refractivity contribution in [2.45, 2.75) is 30.4 Å². The third-order valence-corrected chi connectivity index (χ3v) is 6.22. The first-order valence-electron chi connectivity index (χ1n) is 8.19. The monoisotopic (exact) mass is 403 g/mol. The number of aryl methyl sites for hydroxylation is 1. The summed E-state index contributed by atoms with van der Waals surface area (Å²) in [5, 5.41) is 12.9. The third kappa shape index (κ3) is 4.84. The predicted molar refractivity (Wildman–Crippen MR) is 110 cm³/mol. The molecule has 1 atom stereocenters. The number of amides is 1. The molecule has 7 heteroatoms. The number of thioether (sulfide) groups is 1. The SMILES string of the molecule is CCC(Sc1ccc(C)cc1)C(=O)Nc1nnc(-c2ccc(Cl)cc2)s1. The van der Waals surface area contributed by atoms with Gasteiger partial charge < -0.3 is 0 Å². The van der Waals surface area contributed by atoms with E-state index in [1.54, 1.807) is 11.8 Å². The van der Waals surface area contributed by atoms with E-state index in [0.29, 0.717) is 10.2 Å². The van der Waals surface area contributed by atoms with Crippen molar-refractivity contribution in [2.75, 3.05) is 5.32 Å². The van der Waals surface area contributed by atoms with Crippen LogP contribution in [0.3, 0.4) is 0 Å². The van der Waals surface area contributed by atoms with Crippen molar-refractivity contribution in [3.05, 3.63) is 59.1 Å². The van der Waals surface area contributed by atoms with E-state index in [0.717, 1.165) is 21.9 Å². The zero-order valence-corrected chi connectivity index (χ0v) is 16.8. The van der Waals surface area contributed by atoms with Crippen molar-refractivity contribution in [2.24, 2.45) is 0 Å². The van der Waals surface area contributed by atoms with Crippen LogP contribution in [-0.4, -0.2) is 21.4 Å². The normalized spacial score (nSPS) is 12.0. The Kier molecular flexibility index (Phi) is 6.29. The van der Waals surface area contributed by atoms with E-state index in [9.17, 15) is 4.79 Å². The molecule has 4 nitrogen and oxygen atoms in total. The van der Waals surface area contributed by atoms with Crippen molar-refractivity contribution in [3.8, 4) is 10.6 Å². The summed E-state index contributed by atoms with van der Waals surface area (Å²) in [4.78, 5) is 13.7. The Morgan fingerprint density at radius 2 is 1.85 bits per heavy atom. The molecule has 1 N–H and O–H groups in total. The molecule has 26 heavy (non-hydrogen) atoms. The number of benzene rings is 2. The maximum atomic E-state index is 12.6. The van der Waals surface area contributed by atoms with Gasteiger partial charge in [-0.05, 0) is 37.6 Å². The van der Waals surface area contributed by atoms with Crippen molar-refractivity contribution in [3.63, 3.8) is 0 Å². The summed E-state index contributed by atoms with van der Waals surface area (Å²) in [6, 6.07) is 15.6. The first kappa shape index (κ1) is 18.9. The molecule has 1 unspecified atom stereocenters. The van der Waals surface area contributed by atoms with Gasteiger partial charge in [-0.25, -0.2) is 0 Å². The van der Waals surface area contributed by atoms with Gasteiger partial charge in [-0.2, -0.15) is 0 Å². The van der Waals surface area contributed by atoms with Gasteiger partial charge in [0.1, 0.15) is 5.01 Å². The lowest BCUT2D eigenvalue weighted by Crippen LogP contribution is -2.24. The molecule has 0 aliphatic carbocycles. The topological polar surface area (TPSA) is 54.9 Å². The van der Waals surface area contributed by atoms with E-state index in [1.165, 1.54) is 16.9 Å².